The summed E-state index contributed by atoms with van der Waals surface area (Å²) in [5.74, 6) is 0. The minimum atomic E-state index is -4.40. The maximum absolute atomic E-state index is 12.3. The number of aromatic nitrogens is 4. The summed E-state index contributed by atoms with van der Waals surface area (Å²) in [6.07, 6.45) is -4.40. The standard InChI is InChI=1S/C9H7F3N4O/c1-15-8(17)16(14-13-15)7-4-2-6(3-5-7)9(10,11)12/h2-5H,1H3. The van der Waals surface area contributed by atoms with Gasteiger partial charge in [-0.1, -0.05) is 0 Å². The molecule has 0 unspecified atom stereocenters. The van der Waals surface area contributed by atoms with Gasteiger partial charge in [0, 0.05) is 7.05 Å². The van der Waals surface area contributed by atoms with E-state index in [-0.39, 0.29) is 5.69 Å². The van der Waals surface area contributed by atoms with Crippen LogP contribution in [0.15, 0.2) is 29.1 Å². The molecule has 0 fully saturated rings. The Morgan fingerprint density at radius 3 is 2.12 bits per heavy atom. The molecule has 0 spiro atoms. The fourth-order valence-corrected chi connectivity index (χ4v) is 1.27. The SMILES string of the molecule is Cn1nnn(-c2ccc(C(F)(F)F)cc2)c1=O. The van der Waals surface area contributed by atoms with Crippen molar-refractivity contribution in [1.29, 1.82) is 0 Å². The number of nitrogens with zero attached hydrogens (tertiary/aromatic N) is 4. The molecule has 0 saturated heterocycles. The van der Waals surface area contributed by atoms with E-state index in [0.29, 0.717) is 0 Å². The summed E-state index contributed by atoms with van der Waals surface area (Å²) in [4.78, 5) is 11.4. The lowest BCUT2D eigenvalue weighted by atomic mass is 10.2. The zero-order valence-corrected chi connectivity index (χ0v) is 8.64. The first-order valence-corrected chi connectivity index (χ1v) is 4.56. The van der Waals surface area contributed by atoms with Crippen molar-refractivity contribution in [2.75, 3.05) is 0 Å². The van der Waals surface area contributed by atoms with Crippen molar-refractivity contribution in [2.45, 2.75) is 6.18 Å². The molecular formula is C9H7F3N4O. The molecule has 2 aromatic rings. The Bertz CT molecular complexity index is 582. The Morgan fingerprint density at radius 1 is 1.12 bits per heavy atom. The Balaban J connectivity index is 2.43. The normalized spacial score (nSPS) is 11.8. The van der Waals surface area contributed by atoms with Gasteiger partial charge >= 0.3 is 11.9 Å². The number of benzene rings is 1. The van der Waals surface area contributed by atoms with E-state index in [0.717, 1.165) is 21.5 Å². The summed E-state index contributed by atoms with van der Waals surface area (Å²) in [5, 5.41) is 6.97. The zero-order chi connectivity index (χ0) is 12.6. The molecule has 0 aliphatic heterocycles. The third-order valence-electron chi connectivity index (χ3n) is 2.16. The second-order valence-corrected chi connectivity index (χ2v) is 3.34. The Morgan fingerprint density at radius 2 is 1.71 bits per heavy atom. The molecule has 2 rings (SSSR count). The van der Waals surface area contributed by atoms with E-state index in [4.69, 9.17) is 0 Å². The molecule has 0 bridgehead atoms. The van der Waals surface area contributed by atoms with Gasteiger partial charge in [0.1, 0.15) is 0 Å². The van der Waals surface area contributed by atoms with Gasteiger partial charge in [-0.15, -0.1) is 0 Å². The van der Waals surface area contributed by atoms with Crippen molar-refractivity contribution in [1.82, 2.24) is 19.8 Å². The second-order valence-electron chi connectivity index (χ2n) is 3.34. The smallest absolute Gasteiger partial charge is 0.244 e. The number of rotatable bonds is 1. The van der Waals surface area contributed by atoms with E-state index in [1.54, 1.807) is 0 Å². The fourth-order valence-electron chi connectivity index (χ4n) is 1.27. The first-order valence-electron chi connectivity index (χ1n) is 4.56. The van der Waals surface area contributed by atoms with Crippen LogP contribution in [0.25, 0.3) is 5.69 Å². The van der Waals surface area contributed by atoms with Gasteiger partial charge in [0.2, 0.25) is 0 Å². The Labute approximate surface area is 93.1 Å². The highest BCUT2D eigenvalue weighted by Gasteiger charge is 2.30. The van der Waals surface area contributed by atoms with Gasteiger partial charge in [-0.05, 0) is 34.7 Å². The molecule has 17 heavy (non-hydrogen) atoms. The van der Waals surface area contributed by atoms with Crippen LogP contribution in [0.5, 0.6) is 0 Å². The number of tetrazole rings is 1. The van der Waals surface area contributed by atoms with Gasteiger partial charge in [-0.2, -0.15) is 22.5 Å². The van der Waals surface area contributed by atoms with Crippen LogP contribution in [-0.2, 0) is 13.2 Å². The van der Waals surface area contributed by atoms with Crippen LogP contribution in [0.2, 0.25) is 0 Å². The van der Waals surface area contributed by atoms with Gasteiger partial charge in [-0.3, -0.25) is 0 Å². The Hall–Kier alpha value is -2.12. The number of aryl methyl sites for hydroxylation is 1. The van der Waals surface area contributed by atoms with E-state index in [1.807, 2.05) is 0 Å². The molecule has 0 radical (unpaired) electrons. The molecule has 1 aromatic heterocycles. The van der Waals surface area contributed by atoms with Crippen molar-refractivity contribution < 1.29 is 13.2 Å². The van der Waals surface area contributed by atoms with Crippen molar-refractivity contribution in [3.8, 4) is 5.69 Å². The summed E-state index contributed by atoms with van der Waals surface area (Å²) in [5.41, 5.74) is -1.07. The average Bonchev–Trinajstić information content (AvgIpc) is 2.59. The van der Waals surface area contributed by atoms with E-state index < -0.39 is 17.4 Å². The molecular weight excluding hydrogens is 237 g/mol. The number of halogens is 3. The largest absolute Gasteiger partial charge is 0.416 e. The van der Waals surface area contributed by atoms with Crippen molar-refractivity contribution in [3.63, 3.8) is 0 Å². The lowest BCUT2D eigenvalue weighted by molar-refractivity contribution is -0.137. The summed E-state index contributed by atoms with van der Waals surface area (Å²) in [6.45, 7) is 0. The maximum Gasteiger partial charge on any atom is 0.416 e. The van der Waals surface area contributed by atoms with Crippen molar-refractivity contribution >= 4 is 0 Å². The highest BCUT2D eigenvalue weighted by molar-refractivity contribution is 5.34. The molecule has 1 aromatic carbocycles. The van der Waals surface area contributed by atoms with E-state index in [2.05, 4.69) is 10.4 Å². The van der Waals surface area contributed by atoms with Crippen molar-refractivity contribution in [3.05, 3.63) is 40.3 Å². The number of hydrogen-bond donors (Lipinski definition) is 0. The highest BCUT2D eigenvalue weighted by Crippen LogP contribution is 2.29. The number of hydrogen-bond acceptors (Lipinski definition) is 3. The first-order chi connectivity index (χ1) is 7.89. The van der Waals surface area contributed by atoms with Gasteiger partial charge < -0.3 is 0 Å². The first kappa shape index (κ1) is 11.4. The molecule has 90 valence electrons. The summed E-state index contributed by atoms with van der Waals surface area (Å²) < 4.78 is 38.8. The lowest BCUT2D eigenvalue weighted by Crippen LogP contribution is -2.21. The van der Waals surface area contributed by atoms with E-state index in [9.17, 15) is 18.0 Å². The zero-order valence-electron chi connectivity index (χ0n) is 8.64. The third kappa shape index (κ3) is 2.05. The average molecular weight is 244 g/mol. The van der Waals surface area contributed by atoms with Crippen LogP contribution in [0.4, 0.5) is 13.2 Å². The highest BCUT2D eigenvalue weighted by atomic mass is 19.4. The minimum absolute atomic E-state index is 0.233. The van der Waals surface area contributed by atoms with Gasteiger partial charge in [0.05, 0.1) is 11.3 Å². The molecule has 0 aliphatic carbocycles. The third-order valence-corrected chi connectivity index (χ3v) is 2.16. The molecule has 5 nitrogen and oxygen atoms in total. The minimum Gasteiger partial charge on any atom is -0.244 e. The molecule has 0 N–H and O–H groups in total. The Kier molecular flexibility index (Phi) is 2.49. The molecule has 0 atom stereocenters. The fraction of sp³-hybridized carbons (Fsp3) is 0.222. The summed E-state index contributed by atoms with van der Waals surface area (Å²) >= 11 is 0. The van der Waals surface area contributed by atoms with Crippen LogP contribution in [-0.4, -0.2) is 19.8 Å². The van der Waals surface area contributed by atoms with Crippen LogP contribution in [0.1, 0.15) is 5.56 Å². The molecule has 8 heteroatoms. The van der Waals surface area contributed by atoms with E-state index in [1.165, 1.54) is 19.2 Å². The quantitative estimate of drug-likeness (QED) is 0.751. The summed E-state index contributed by atoms with van der Waals surface area (Å²) in [7, 11) is 1.40. The van der Waals surface area contributed by atoms with Crippen LogP contribution >= 0.6 is 0 Å². The van der Waals surface area contributed by atoms with Crippen molar-refractivity contribution in [2.24, 2.45) is 7.05 Å². The van der Waals surface area contributed by atoms with Crippen LogP contribution in [0.3, 0.4) is 0 Å². The lowest BCUT2D eigenvalue weighted by Gasteiger charge is -2.06. The maximum atomic E-state index is 12.3. The van der Waals surface area contributed by atoms with Gasteiger partial charge in [0.15, 0.2) is 0 Å². The second kappa shape index (κ2) is 3.72. The predicted octanol–water partition coefficient (Wildman–Crippen LogP) is 0.985. The van der Waals surface area contributed by atoms with Crippen LogP contribution < -0.4 is 5.69 Å². The molecule has 1 heterocycles. The van der Waals surface area contributed by atoms with Gasteiger partial charge in [-0.25, -0.2) is 4.79 Å². The predicted molar refractivity (Wildman–Crippen MR) is 51.6 cm³/mol. The topological polar surface area (TPSA) is 52.7 Å². The molecule has 0 aliphatic rings. The molecule has 0 saturated carbocycles. The monoisotopic (exact) mass is 244 g/mol. The summed E-state index contributed by atoms with van der Waals surface area (Å²) in [6, 6.07) is 4.10. The van der Waals surface area contributed by atoms with Crippen LogP contribution in [0, 0.1) is 0 Å². The van der Waals surface area contributed by atoms with Gasteiger partial charge in [0.25, 0.3) is 0 Å². The van der Waals surface area contributed by atoms with E-state index >= 15 is 0 Å². The number of alkyl halides is 3. The molecule has 0 amide bonds.